The van der Waals surface area contributed by atoms with Crippen molar-refractivity contribution in [2.24, 2.45) is 0 Å². The number of hydrogen-bond acceptors (Lipinski definition) is 3. The molecule has 0 unspecified atom stereocenters. The van der Waals surface area contributed by atoms with Gasteiger partial charge in [-0.1, -0.05) is 0 Å². The normalized spacial score (nSPS) is 12.0. The quantitative estimate of drug-likeness (QED) is 0.454. The molecule has 0 saturated heterocycles. The van der Waals surface area contributed by atoms with Gasteiger partial charge in [0.1, 0.15) is 0 Å². The van der Waals surface area contributed by atoms with Crippen LogP contribution in [-0.4, -0.2) is 41.6 Å². The Morgan fingerprint density at radius 3 is 2.43 bits per heavy atom. The number of hydrogen-bond donors (Lipinski definition) is 2. The van der Waals surface area contributed by atoms with Crippen LogP contribution in [0.15, 0.2) is 0 Å². The van der Waals surface area contributed by atoms with E-state index in [2.05, 4.69) is 30.7 Å². The molecule has 0 aliphatic rings. The van der Waals surface area contributed by atoms with Crippen LogP contribution >= 0.6 is 0 Å². The average Bonchev–Trinajstić information content (AvgIpc) is 2.11. The third kappa shape index (κ3) is 8.68. The molecule has 0 spiro atoms. The van der Waals surface area contributed by atoms with Crippen LogP contribution in [0.2, 0.25) is 19.1 Å². The molecule has 0 aliphatic carbocycles. The molecule has 2 N–H and O–H groups in total. The molecule has 0 radical (unpaired) electrons. The maximum absolute atomic E-state index is 5.76. The van der Waals surface area contributed by atoms with E-state index in [1.54, 1.807) is 0 Å². The zero-order chi connectivity index (χ0) is 10.9. The summed E-state index contributed by atoms with van der Waals surface area (Å²) in [5.41, 5.74) is 0. The van der Waals surface area contributed by atoms with E-state index in [0.717, 1.165) is 26.2 Å². The van der Waals surface area contributed by atoms with Crippen molar-refractivity contribution in [2.75, 3.05) is 33.3 Å². The molecule has 0 rings (SSSR count). The summed E-state index contributed by atoms with van der Waals surface area (Å²) >= 11 is 0. The molecular formula is C10H26N2OSi. The van der Waals surface area contributed by atoms with Gasteiger partial charge in [0.25, 0.3) is 0 Å². The van der Waals surface area contributed by atoms with Crippen molar-refractivity contribution in [1.29, 1.82) is 0 Å². The van der Waals surface area contributed by atoms with Gasteiger partial charge in [0, 0.05) is 19.7 Å². The van der Waals surface area contributed by atoms with Crippen molar-refractivity contribution < 1.29 is 4.43 Å². The molecule has 3 nitrogen and oxygen atoms in total. The molecule has 0 saturated carbocycles. The molecule has 0 aromatic heterocycles. The van der Waals surface area contributed by atoms with Crippen molar-refractivity contribution in [3.63, 3.8) is 0 Å². The zero-order valence-corrected chi connectivity index (χ0v) is 11.2. The number of likely N-dealkylation sites (N-methyl/N-ethyl adjacent to an activating group) is 1. The molecular weight excluding hydrogens is 192 g/mol. The van der Waals surface area contributed by atoms with E-state index in [9.17, 15) is 0 Å². The Balaban J connectivity index is 3.26. The monoisotopic (exact) mass is 218 g/mol. The molecule has 0 aliphatic heterocycles. The molecule has 14 heavy (non-hydrogen) atoms. The van der Waals surface area contributed by atoms with Crippen LogP contribution in [0, 0.1) is 0 Å². The Bertz CT molecular complexity index is 131. The van der Waals surface area contributed by atoms with E-state index in [1.807, 2.05) is 7.05 Å². The van der Waals surface area contributed by atoms with E-state index >= 15 is 0 Å². The summed E-state index contributed by atoms with van der Waals surface area (Å²) < 4.78 is 5.76. The van der Waals surface area contributed by atoms with Crippen LogP contribution in [-0.2, 0) is 4.43 Å². The van der Waals surface area contributed by atoms with Crippen LogP contribution in [0.3, 0.4) is 0 Å². The van der Waals surface area contributed by atoms with E-state index in [-0.39, 0.29) is 0 Å². The first-order valence-corrected chi connectivity index (χ1v) is 8.73. The van der Waals surface area contributed by atoms with Gasteiger partial charge in [0.05, 0.1) is 0 Å². The highest BCUT2D eigenvalue weighted by Gasteiger charge is 2.20. The maximum atomic E-state index is 5.76. The lowest BCUT2D eigenvalue weighted by atomic mass is 10.4. The van der Waals surface area contributed by atoms with Gasteiger partial charge in [-0.15, -0.1) is 0 Å². The summed E-state index contributed by atoms with van der Waals surface area (Å²) in [5.74, 6) is 0. The van der Waals surface area contributed by atoms with E-state index in [1.165, 1.54) is 12.5 Å². The molecule has 0 aromatic rings. The van der Waals surface area contributed by atoms with Gasteiger partial charge in [-0.25, -0.2) is 0 Å². The molecule has 0 aromatic carbocycles. The standard InChI is InChI=1S/C10H26N2OSi/c1-5-13-14(3,4)10-6-7-12-9-8-11-2/h11-12H,5-10H2,1-4H3. The molecule has 86 valence electrons. The fourth-order valence-electron chi connectivity index (χ4n) is 1.44. The second kappa shape index (κ2) is 8.41. The lowest BCUT2D eigenvalue weighted by Crippen LogP contribution is -2.32. The van der Waals surface area contributed by atoms with Crippen LogP contribution < -0.4 is 10.6 Å². The van der Waals surface area contributed by atoms with Crippen LogP contribution in [0.4, 0.5) is 0 Å². The fraction of sp³-hybridized carbons (Fsp3) is 1.00. The maximum Gasteiger partial charge on any atom is 0.186 e. The largest absolute Gasteiger partial charge is 0.418 e. The molecule has 0 bridgehead atoms. The minimum atomic E-state index is -1.33. The van der Waals surface area contributed by atoms with Gasteiger partial charge >= 0.3 is 0 Å². The van der Waals surface area contributed by atoms with Gasteiger partial charge in [-0.2, -0.15) is 0 Å². The van der Waals surface area contributed by atoms with Crippen molar-refractivity contribution in [3.05, 3.63) is 0 Å². The minimum Gasteiger partial charge on any atom is -0.418 e. The van der Waals surface area contributed by atoms with E-state index in [0.29, 0.717) is 0 Å². The summed E-state index contributed by atoms with van der Waals surface area (Å²) in [6.07, 6.45) is 1.24. The smallest absolute Gasteiger partial charge is 0.186 e. The van der Waals surface area contributed by atoms with Gasteiger partial charge in [0.15, 0.2) is 8.32 Å². The lowest BCUT2D eigenvalue weighted by Gasteiger charge is -2.21. The second-order valence-electron chi connectivity index (χ2n) is 4.15. The van der Waals surface area contributed by atoms with Crippen LogP contribution in [0.25, 0.3) is 0 Å². The van der Waals surface area contributed by atoms with Crippen molar-refractivity contribution in [3.8, 4) is 0 Å². The summed E-state index contributed by atoms with van der Waals surface area (Å²) in [6.45, 7) is 10.8. The zero-order valence-electron chi connectivity index (χ0n) is 10.2. The van der Waals surface area contributed by atoms with E-state index in [4.69, 9.17) is 4.43 Å². The third-order valence-electron chi connectivity index (χ3n) is 2.22. The first-order chi connectivity index (χ1) is 6.62. The number of rotatable bonds is 9. The molecule has 4 heteroatoms. The fourth-order valence-corrected chi connectivity index (χ4v) is 3.39. The predicted molar refractivity (Wildman–Crippen MR) is 65.3 cm³/mol. The molecule has 0 atom stereocenters. The molecule has 0 fully saturated rings. The Morgan fingerprint density at radius 2 is 1.86 bits per heavy atom. The van der Waals surface area contributed by atoms with Gasteiger partial charge in [-0.05, 0) is 46.1 Å². The predicted octanol–water partition coefficient (Wildman–Crippen LogP) is 1.43. The average molecular weight is 218 g/mol. The minimum absolute atomic E-state index is 0.867. The highest BCUT2D eigenvalue weighted by molar-refractivity contribution is 6.71. The van der Waals surface area contributed by atoms with E-state index < -0.39 is 8.32 Å². The number of nitrogens with one attached hydrogen (secondary N) is 2. The van der Waals surface area contributed by atoms with Gasteiger partial charge in [0.2, 0.25) is 0 Å². The lowest BCUT2D eigenvalue weighted by molar-refractivity contribution is 0.328. The summed E-state index contributed by atoms with van der Waals surface area (Å²) in [6, 6.07) is 1.26. The van der Waals surface area contributed by atoms with Crippen LogP contribution in [0.5, 0.6) is 0 Å². The Labute approximate surface area is 89.7 Å². The Kier molecular flexibility index (Phi) is 8.47. The first-order valence-electron chi connectivity index (χ1n) is 5.61. The van der Waals surface area contributed by atoms with Gasteiger partial charge < -0.3 is 15.1 Å². The molecule has 0 heterocycles. The Hall–Kier alpha value is 0.0969. The van der Waals surface area contributed by atoms with Crippen molar-refractivity contribution >= 4 is 8.32 Å². The highest BCUT2D eigenvalue weighted by Crippen LogP contribution is 2.12. The van der Waals surface area contributed by atoms with Crippen LogP contribution in [0.1, 0.15) is 13.3 Å². The summed E-state index contributed by atoms with van der Waals surface area (Å²) in [4.78, 5) is 0. The van der Waals surface area contributed by atoms with Crippen molar-refractivity contribution in [1.82, 2.24) is 10.6 Å². The summed E-state index contributed by atoms with van der Waals surface area (Å²) in [7, 11) is 0.652. The highest BCUT2D eigenvalue weighted by atomic mass is 28.4. The van der Waals surface area contributed by atoms with Crippen molar-refractivity contribution in [2.45, 2.75) is 32.5 Å². The molecule has 0 amide bonds. The Morgan fingerprint density at radius 1 is 1.14 bits per heavy atom. The first kappa shape index (κ1) is 14.1. The third-order valence-corrected chi connectivity index (χ3v) is 4.85. The summed E-state index contributed by atoms with van der Waals surface area (Å²) in [5, 5.41) is 6.52. The second-order valence-corrected chi connectivity index (χ2v) is 8.46. The SMILES string of the molecule is CCO[Si](C)(C)CCCNCCNC. The topological polar surface area (TPSA) is 33.3 Å². The van der Waals surface area contributed by atoms with Gasteiger partial charge in [-0.3, -0.25) is 0 Å².